The molecule has 0 bridgehead atoms. The summed E-state index contributed by atoms with van der Waals surface area (Å²) in [7, 11) is -3.61. The second-order valence-electron chi connectivity index (χ2n) is 6.77. The van der Waals surface area contributed by atoms with Crippen molar-refractivity contribution >= 4 is 15.7 Å². The van der Waals surface area contributed by atoms with Gasteiger partial charge in [-0.05, 0) is 44.6 Å². The third-order valence-corrected chi connectivity index (χ3v) is 7.08. The average Bonchev–Trinajstić information content (AvgIpc) is 2.55. The fourth-order valence-electron chi connectivity index (χ4n) is 3.03. The fourth-order valence-corrected chi connectivity index (χ4v) is 4.42. The molecule has 0 radical (unpaired) electrons. The summed E-state index contributed by atoms with van der Waals surface area (Å²) in [5, 5.41) is 8.53. The molecule has 1 amide bonds. The van der Waals surface area contributed by atoms with Crippen molar-refractivity contribution in [2.45, 2.75) is 44.5 Å². The van der Waals surface area contributed by atoms with E-state index in [4.69, 9.17) is 0 Å². The molecule has 2 atom stereocenters. The lowest BCUT2D eigenvalue weighted by atomic mass is 9.90. The number of carbonyl (C=O) groups excluding carboxylic acids is 1. The first-order valence-corrected chi connectivity index (χ1v) is 10.2. The van der Waals surface area contributed by atoms with Crippen LogP contribution in [0.15, 0.2) is 30.3 Å². The van der Waals surface area contributed by atoms with Gasteiger partial charge in [-0.2, -0.15) is 0 Å². The van der Waals surface area contributed by atoms with Crippen LogP contribution in [0.25, 0.3) is 0 Å². The minimum absolute atomic E-state index is 0.347. The first kappa shape index (κ1) is 18.9. The highest BCUT2D eigenvalue weighted by Crippen LogP contribution is 2.22. The molecule has 134 valence electrons. The van der Waals surface area contributed by atoms with Crippen LogP contribution >= 0.6 is 0 Å². The Morgan fingerprint density at radius 2 is 1.79 bits per heavy atom. The predicted molar refractivity (Wildman–Crippen MR) is 94.4 cm³/mol. The van der Waals surface area contributed by atoms with Gasteiger partial charge in [0.25, 0.3) is 0 Å². The minimum atomic E-state index is -3.61. The van der Waals surface area contributed by atoms with E-state index < -0.39 is 26.9 Å². The average molecular weight is 353 g/mol. The monoisotopic (exact) mass is 353 g/mol. The van der Waals surface area contributed by atoms with Gasteiger partial charge in [-0.1, -0.05) is 30.3 Å². The van der Waals surface area contributed by atoms with E-state index in [1.54, 1.807) is 4.90 Å². The van der Waals surface area contributed by atoms with Gasteiger partial charge in [-0.25, -0.2) is 8.42 Å². The fraction of sp³-hybridized carbons (Fsp3) is 0.611. The molecule has 6 heteroatoms. The number of nitrogens with zero attached hydrogens (tertiary/aromatic N) is 1. The Hall–Kier alpha value is -1.40. The van der Waals surface area contributed by atoms with E-state index in [0.29, 0.717) is 19.0 Å². The van der Waals surface area contributed by atoms with Crippen molar-refractivity contribution in [3.63, 3.8) is 0 Å². The van der Waals surface area contributed by atoms with Crippen LogP contribution in [0.5, 0.6) is 0 Å². The maximum Gasteiger partial charge on any atom is 0.237 e. The molecule has 24 heavy (non-hydrogen) atoms. The first-order chi connectivity index (χ1) is 11.3. The zero-order chi connectivity index (χ0) is 17.7. The van der Waals surface area contributed by atoms with Gasteiger partial charge in [0.1, 0.15) is 5.75 Å². The van der Waals surface area contributed by atoms with E-state index in [9.17, 15) is 18.3 Å². The van der Waals surface area contributed by atoms with Gasteiger partial charge in [0.15, 0.2) is 9.84 Å². The molecule has 1 aromatic carbocycles. The molecule has 0 aromatic heterocycles. The SMILES string of the molecule is CC(O)C(C)S(=O)(=O)CC(=O)N1CCC(Cc2ccccc2)CC1. The quantitative estimate of drug-likeness (QED) is 0.844. The molecule has 2 rings (SSSR count). The van der Waals surface area contributed by atoms with Crippen LogP contribution in [0, 0.1) is 5.92 Å². The van der Waals surface area contributed by atoms with Crippen LogP contribution in [-0.2, 0) is 21.1 Å². The number of likely N-dealkylation sites (tertiary alicyclic amines) is 1. The van der Waals surface area contributed by atoms with Crippen molar-refractivity contribution in [1.29, 1.82) is 0 Å². The standard InChI is InChI=1S/C18H27NO4S/c1-14(20)15(2)24(22,23)13-18(21)19-10-8-17(9-11-19)12-16-6-4-3-5-7-16/h3-7,14-15,17,20H,8-13H2,1-2H3. The second-order valence-corrected chi connectivity index (χ2v) is 9.12. The van der Waals surface area contributed by atoms with Crippen molar-refractivity contribution in [1.82, 2.24) is 4.90 Å². The number of amides is 1. The number of benzene rings is 1. The van der Waals surface area contributed by atoms with Gasteiger partial charge in [-0.15, -0.1) is 0 Å². The van der Waals surface area contributed by atoms with E-state index in [2.05, 4.69) is 12.1 Å². The molecule has 2 unspecified atom stereocenters. The van der Waals surface area contributed by atoms with E-state index in [1.165, 1.54) is 19.4 Å². The molecule has 1 aliphatic rings. The van der Waals surface area contributed by atoms with Crippen LogP contribution in [-0.4, -0.2) is 54.5 Å². The highest BCUT2D eigenvalue weighted by Gasteiger charge is 2.31. The third-order valence-electron chi connectivity index (χ3n) is 4.90. The maximum absolute atomic E-state index is 12.3. The Balaban J connectivity index is 1.84. The molecule has 1 saturated heterocycles. The Morgan fingerprint density at radius 3 is 2.33 bits per heavy atom. The number of aliphatic hydroxyl groups is 1. The first-order valence-electron chi connectivity index (χ1n) is 8.51. The summed E-state index contributed by atoms with van der Waals surface area (Å²) in [6, 6.07) is 10.3. The minimum Gasteiger partial charge on any atom is -0.392 e. The summed E-state index contributed by atoms with van der Waals surface area (Å²) in [5.74, 6) is -0.326. The Morgan fingerprint density at radius 1 is 1.21 bits per heavy atom. The van der Waals surface area contributed by atoms with Crippen molar-refractivity contribution in [3.05, 3.63) is 35.9 Å². The summed E-state index contributed by atoms with van der Waals surface area (Å²) < 4.78 is 24.2. The number of hydrogen-bond acceptors (Lipinski definition) is 4. The molecule has 0 aliphatic carbocycles. The van der Waals surface area contributed by atoms with Gasteiger partial charge < -0.3 is 10.0 Å². The summed E-state index contributed by atoms with van der Waals surface area (Å²) in [5.41, 5.74) is 1.30. The van der Waals surface area contributed by atoms with E-state index in [1.807, 2.05) is 18.2 Å². The van der Waals surface area contributed by atoms with Gasteiger partial charge in [0, 0.05) is 13.1 Å². The van der Waals surface area contributed by atoms with E-state index in [-0.39, 0.29) is 5.91 Å². The molecule has 1 aliphatic heterocycles. The van der Waals surface area contributed by atoms with Gasteiger partial charge in [0.05, 0.1) is 11.4 Å². The number of rotatable bonds is 6. The van der Waals surface area contributed by atoms with Crippen molar-refractivity contribution < 1.29 is 18.3 Å². The van der Waals surface area contributed by atoms with Crippen molar-refractivity contribution in [2.24, 2.45) is 5.92 Å². The highest BCUT2D eigenvalue weighted by molar-refractivity contribution is 7.92. The Bertz CT molecular complexity index is 634. The largest absolute Gasteiger partial charge is 0.392 e. The molecule has 1 heterocycles. The topological polar surface area (TPSA) is 74.7 Å². The molecule has 5 nitrogen and oxygen atoms in total. The smallest absolute Gasteiger partial charge is 0.237 e. The van der Waals surface area contributed by atoms with Crippen LogP contribution in [0.1, 0.15) is 32.3 Å². The summed E-state index contributed by atoms with van der Waals surface area (Å²) in [6.45, 7) is 4.09. The molecule has 1 fully saturated rings. The lowest BCUT2D eigenvalue weighted by Crippen LogP contribution is -2.44. The number of aliphatic hydroxyl groups excluding tert-OH is 1. The van der Waals surface area contributed by atoms with Crippen LogP contribution in [0.2, 0.25) is 0 Å². The van der Waals surface area contributed by atoms with Crippen LogP contribution < -0.4 is 0 Å². The lowest BCUT2D eigenvalue weighted by molar-refractivity contribution is -0.129. The molecule has 0 saturated carbocycles. The van der Waals surface area contributed by atoms with Gasteiger partial charge >= 0.3 is 0 Å². The zero-order valence-electron chi connectivity index (χ0n) is 14.4. The maximum atomic E-state index is 12.3. The third kappa shape index (κ3) is 5.05. The molecule has 1 aromatic rings. The van der Waals surface area contributed by atoms with Crippen LogP contribution in [0.3, 0.4) is 0 Å². The lowest BCUT2D eigenvalue weighted by Gasteiger charge is -2.32. The Kier molecular flexibility index (Phi) is 6.40. The molecular weight excluding hydrogens is 326 g/mol. The highest BCUT2D eigenvalue weighted by atomic mass is 32.2. The number of sulfone groups is 1. The van der Waals surface area contributed by atoms with Crippen LogP contribution in [0.4, 0.5) is 0 Å². The summed E-state index contributed by atoms with van der Waals surface area (Å²) in [4.78, 5) is 13.9. The van der Waals surface area contributed by atoms with Gasteiger partial charge in [0.2, 0.25) is 5.91 Å². The zero-order valence-corrected chi connectivity index (χ0v) is 15.2. The predicted octanol–water partition coefficient (Wildman–Crippen LogP) is 1.65. The summed E-state index contributed by atoms with van der Waals surface area (Å²) in [6.07, 6.45) is 1.82. The molecule has 1 N–H and O–H groups in total. The Labute approximate surface area is 144 Å². The molecular formula is C18H27NO4S. The van der Waals surface area contributed by atoms with Crippen molar-refractivity contribution in [2.75, 3.05) is 18.8 Å². The molecule has 0 spiro atoms. The second kappa shape index (κ2) is 8.12. The van der Waals surface area contributed by atoms with Crippen molar-refractivity contribution in [3.8, 4) is 0 Å². The van der Waals surface area contributed by atoms with E-state index in [0.717, 1.165) is 19.3 Å². The number of carbonyl (C=O) groups is 1. The van der Waals surface area contributed by atoms with Gasteiger partial charge in [-0.3, -0.25) is 4.79 Å². The number of piperidine rings is 1. The van der Waals surface area contributed by atoms with E-state index >= 15 is 0 Å². The number of hydrogen-bond donors (Lipinski definition) is 1. The normalized spacial score (nSPS) is 19.0. The summed E-state index contributed by atoms with van der Waals surface area (Å²) >= 11 is 0.